The lowest BCUT2D eigenvalue weighted by Crippen LogP contribution is -2.03. The van der Waals surface area contributed by atoms with Gasteiger partial charge >= 0.3 is 0 Å². The molecule has 0 atom stereocenters. The van der Waals surface area contributed by atoms with Gasteiger partial charge in [0.05, 0.1) is 32.9 Å². The van der Waals surface area contributed by atoms with E-state index in [4.69, 9.17) is 9.47 Å². The molecule has 0 saturated heterocycles. The van der Waals surface area contributed by atoms with E-state index in [1.165, 1.54) is 18.4 Å². The van der Waals surface area contributed by atoms with E-state index in [1.54, 1.807) is 25.3 Å². The van der Waals surface area contributed by atoms with Crippen molar-refractivity contribution >= 4 is 49.0 Å². The van der Waals surface area contributed by atoms with Gasteiger partial charge in [-0.1, -0.05) is 0 Å². The van der Waals surface area contributed by atoms with Gasteiger partial charge in [0.15, 0.2) is 0 Å². The van der Waals surface area contributed by atoms with Gasteiger partial charge in [0.25, 0.3) is 0 Å². The SMILES string of the molecule is COc1cc(C(=O)c2ccc(Br)s2)c(OC)cc1Br. The van der Waals surface area contributed by atoms with Crippen LogP contribution in [0.2, 0.25) is 0 Å². The van der Waals surface area contributed by atoms with Gasteiger partial charge in [-0.25, -0.2) is 0 Å². The number of benzene rings is 1. The topological polar surface area (TPSA) is 35.5 Å². The number of hydrogen-bond acceptors (Lipinski definition) is 4. The van der Waals surface area contributed by atoms with Crippen LogP contribution in [0.3, 0.4) is 0 Å². The summed E-state index contributed by atoms with van der Waals surface area (Å²) in [5, 5.41) is 0. The fraction of sp³-hybridized carbons (Fsp3) is 0.154. The zero-order valence-electron chi connectivity index (χ0n) is 10.2. The smallest absolute Gasteiger partial charge is 0.206 e. The molecule has 2 aromatic rings. The Morgan fingerprint density at radius 1 is 1.11 bits per heavy atom. The maximum Gasteiger partial charge on any atom is 0.206 e. The number of hydrogen-bond donors (Lipinski definition) is 0. The quantitative estimate of drug-likeness (QED) is 0.701. The molecule has 0 bridgehead atoms. The maximum absolute atomic E-state index is 12.5. The normalized spacial score (nSPS) is 10.3. The summed E-state index contributed by atoms with van der Waals surface area (Å²) in [6.45, 7) is 0. The minimum Gasteiger partial charge on any atom is -0.496 e. The van der Waals surface area contributed by atoms with E-state index < -0.39 is 0 Å². The van der Waals surface area contributed by atoms with Crippen LogP contribution in [0.1, 0.15) is 15.2 Å². The predicted octanol–water partition coefficient (Wildman–Crippen LogP) is 4.52. The molecule has 1 aromatic carbocycles. The molecular weight excluding hydrogens is 396 g/mol. The minimum atomic E-state index is -0.0849. The summed E-state index contributed by atoms with van der Waals surface area (Å²) in [4.78, 5) is 13.1. The summed E-state index contributed by atoms with van der Waals surface area (Å²) < 4.78 is 12.1. The van der Waals surface area contributed by atoms with Crippen molar-refractivity contribution < 1.29 is 14.3 Å². The first-order valence-corrected chi connectivity index (χ1v) is 7.68. The van der Waals surface area contributed by atoms with Gasteiger partial charge in [-0.15, -0.1) is 11.3 Å². The number of methoxy groups -OCH3 is 2. The van der Waals surface area contributed by atoms with E-state index in [0.717, 1.165) is 8.26 Å². The summed E-state index contributed by atoms with van der Waals surface area (Å²) in [6, 6.07) is 7.04. The Hall–Kier alpha value is -0.850. The molecule has 3 nitrogen and oxygen atoms in total. The minimum absolute atomic E-state index is 0.0849. The molecule has 1 aromatic heterocycles. The molecule has 0 radical (unpaired) electrons. The number of rotatable bonds is 4. The fourth-order valence-electron chi connectivity index (χ4n) is 1.61. The Morgan fingerprint density at radius 3 is 2.32 bits per heavy atom. The monoisotopic (exact) mass is 404 g/mol. The summed E-state index contributed by atoms with van der Waals surface area (Å²) in [5.74, 6) is 1.03. The summed E-state index contributed by atoms with van der Waals surface area (Å²) in [5.41, 5.74) is 0.483. The lowest BCUT2D eigenvalue weighted by molar-refractivity contribution is 0.103. The highest BCUT2D eigenvalue weighted by Crippen LogP contribution is 2.35. The predicted molar refractivity (Wildman–Crippen MR) is 82.7 cm³/mol. The van der Waals surface area contributed by atoms with Crippen molar-refractivity contribution in [3.8, 4) is 11.5 Å². The molecule has 0 unspecified atom stereocenters. The van der Waals surface area contributed by atoms with Gasteiger partial charge in [-0.05, 0) is 56.1 Å². The molecule has 0 spiro atoms. The van der Waals surface area contributed by atoms with Gasteiger partial charge in [0.1, 0.15) is 11.5 Å². The molecule has 2 rings (SSSR count). The Morgan fingerprint density at radius 2 is 1.79 bits per heavy atom. The van der Waals surface area contributed by atoms with Gasteiger partial charge in [-0.3, -0.25) is 4.79 Å². The van der Waals surface area contributed by atoms with E-state index in [1.807, 2.05) is 6.07 Å². The second-order valence-electron chi connectivity index (χ2n) is 3.62. The van der Waals surface area contributed by atoms with Gasteiger partial charge in [-0.2, -0.15) is 0 Å². The van der Waals surface area contributed by atoms with Gasteiger partial charge < -0.3 is 9.47 Å². The number of carbonyl (C=O) groups is 1. The van der Waals surface area contributed by atoms with Crippen LogP contribution in [0.5, 0.6) is 11.5 Å². The van der Waals surface area contributed by atoms with Crippen molar-refractivity contribution in [3.05, 3.63) is 43.0 Å². The van der Waals surface area contributed by atoms with Crippen LogP contribution in [0, 0.1) is 0 Å². The largest absolute Gasteiger partial charge is 0.496 e. The molecule has 1 heterocycles. The third-order valence-electron chi connectivity index (χ3n) is 2.52. The number of ketones is 1. The van der Waals surface area contributed by atoms with Crippen LogP contribution in [0.15, 0.2) is 32.5 Å². The van der Waals surface area contributed by atoms with Gasteiger partial charge in [0, 0.05) is 0 Å². The summed E-state index contributed by atoms with van der Waals surface area (Å²) in [6.07, 6.45) is 0. The third kappa shape index (κ3) is 3.01. The molecule has 0 aliphatic carbocycles. The average molecular weight is 406 g/mol. The summed E-state index contributed by atoms with van der Waals surface area (Å²) >= 11 is 8.11. The highest BCUT2D eigenvalue weighted by atomic mass is 79.9. The standard InChI is InChI=1S/C13H10Br2O3S/c1-17-9-6-8(14)10(18-2)5-7(9)13(16)11-3-4-12(15)19-11/h3-6H,1-2H3. The molecular formula is C13H10Br2O3S. The van der Waals surface area contributed by atoms with Crippen molar-refractivity contribution in [2.24, 2.45) is 0 Å². The lowest BCUT2D eigenvalue weighted by Gasteiger charge is -2.10. The van der Waals surface area contributed by atoms with E-state index in [9.17, 15) is 4.79 Å². The zero-order chi connectivity index (χ0) is 14.0. The molecule has 6 heteroatoms. The van der Waals surface area contributed by atoms with Crippen LogP contribution in [0.25, 0.3) is 0 Å². The Bertz CT molecular complexity index is 622. The molecule has 0 N–H and O–H groups in total. The van der Waals surface area contributed by atoms with E-state index >= 15 is 0 Å². The second-order valence-corrected chi connectivity index (χ2v) is 6.94. The first-order chi connectivity index (χ1) is 9.06. The molecule has 19 heavy (non-hydrogen) atoms. The van der Waals surface area contributed by atoms with Crippen LogP contribution in [-0.2, 0) is 0 Å². The van der Waals surface area contributed by atoms with Crippen molar-refractivity contribution in [2.45, 2.75) is 0 Å². The van der Waals surface area contributed by atoms with Gasteiger partial charge in [0.2, 0.25) is 5.78 Å². The Kier molecular flexibility index (Phi) is 4.65. The molecule has 0 fully saturated rings. The number of halogens is 2. The third-order valence-corrected chi connectivity index (χ3v) is 4.76. The molecule has 0 saturated carbocycles. The molecule has 100 valence electrons. The summed E-state index contributed by atoms with van der Waals surface area (Å²) in [7, 11) is 3.10. The first-order valence-electron chi connectivity index (χ1n) is 5.28. The Balaban J connectivity index is 2.51. The molecule has 0 aliphatic heterocycles. The zero-order valence-corrected chi connectivity index (χ0v) is 14.2. The molecule has 0 amide bonds. The maximum atomic E-state index is 12.5. The number of ether oxygens (including phenoxy) is 2. The van der Waals surface area contributed by atoms with Crippen molar-refractivity contribution in [1.82, 2.24) is 0 Å². The Labute approximate surface area is 131 Å². The fourth-order valence-corrected chi connectivity index (χ4v) is 3.43. The lowest BCUT2D eigenvalue weighted by atomic mass is 10.1. The second kappa shape index (κ2) is 6.07. The highest BCUT2D eigenvalue weighted by molar-refractivity contribution is 9.11. The van der Waals surface area contributed by atoms with Crippen LogP contribution in [0.4, 0.5) is 0 Å². The van der Waals surface area contributed by atoms with Crippen molar-refractivity contribution in [1.29, 1.82) is 0 Å². The van der Waals surface area contributed by atoms with Crippen LogP contribution < -0.4 is 9.47 Å². The van der Waals surface area contributed by atoms with Crippen molar-refractivity contribution in [2.75, 3.05) is 14.2 Å². The van der Waals surface area contributed by atoms with Crippen LogP contribution >= 0.6 is 43.2 Å². The van der Waals surface area contributed by atoms with E-state index in [0.29, 0.717) is 21.9 Å². The van der Waals surface area contributed by atoms with Crippen LogP contribution in [-0.4, -0.2) is 20.0 Å². The van der Waals surface area contributed by atoms with Crippen molar-refractivity contribution in [3.63, 3.8) is 0 Å². The molecule has 0 aliphatic rings. The number of carbonyl (C=O) groups excluding carboxylic acids is 1. The average Bonchev–Trinajstić information content (AvgIpc) is 2.84. The van der Waals surface area contributed by atoms with E-state index in [2.05, 4.69) is 31.9 Å². The highest BCUT2D eigenvalue weighted by Gasteiger charge is 2.19. The first kappa shape index (κ1) is 14.6. The van der Waals surface area contributed by atoms with E-state index in [-0.39, 0.29) is 5.78 Å². The number of thiophene rings is 1.